The van der Waals surface area contributed by atoms with Crippen molar-refractivity contribution in [3.05, 3.63) is 108 Å². The van der Waals surface area contributed by atoms with E-state index >= 15 is 0 Å². The number of hydrogen-bond acceptors (Lipinski definition) is 3. The van der Waals surface area contributed by atoms with Crippen molar-refractivity contribution in [3.8, 4) is 5.75 Å². The molecular formula is C29H23BrN2O3. The molecule has 0 saturated carbocycles. The Morgan fingerprint density at radius 2 is 1.63 bits per heavy atom. The lowest BCUT2D eigenvalue weighted by Gasteiger charge is -2.09. The van der Waals surface area contributed by atoms with Gasteiger partial charge in [0.1, 0.15) is 23.0 Å². The summed E-state index contributed by atoms with van der Waals surface area (Å²) in [5, 5.41) is 11.7. The first-order valence-electron chi connectivity index (χ1n) is 11.3. The standard InChI is InChI=1S/C29H22N2O3.BrH/c1-19(21-12-15-29-24(16-21)23-6-2-5-9-28(23)34-29)31-18-30(25-7-3-4-8-26(25)31)17-27(33)20-10-13-22(32)14-11-20;/h2-16,18-19H,17H2,1H3;1H. The van der Waals surface area contributed by atoms with Gasteiger partial charge in [-0.1, -0.05) is 36.4 Å². The number of phenolic OH excluding ortho intramolecular Hbond substituents is 1. The third kappa shape index (κ3) is 4.00. The number of furan rings is 1. The zero-order chi connectivity index (χ0) is 23.2. The van der Waals surface area contributed by atoms with E-state index in [9.17, 15) is 9.90 Å². The lowest BCUT2D eigenvalue weighted by atomic mass is 10.0. The molecule has 1 N–H and O–H groups in total. The fraction of sp³-hybridized carbons (Fsp3) is 0.103. The molecule has 2 aromatic heterocycles. The molecule has 0 spiro atoms. The highest BCUT2D eigenvalue weighted by Gasteiger charge is 2.23. The van der Waals surface area contributed by atoms with Crippen LogP contribution in [0.5, 0.6) is 5.75 Å². The third-order valence-corrected chi connectivity index (χ3v) is 6.54. The Morgan fingerprint density at radius 1 is 0.914 bits per heavy atom. The van der Waals surface area contributed by atoms with Gasteiger partial charge in [0.05, 0.1) is 0 Å². The van der Waals surface area contributed by atoms with Gasteiger partial charge in [0.2, 0.25) is 12.1 Å². The molecule has 4 aromatic carbocycles. The number of Topliss-reactive ketones (excluding diaryl/α,β-unsaturated/α-hetero) is 1. The molecule has 6 aromatic rings. The summed E-state index contributed by atoms with van der Waals surface area (Å²) < 4.78 is 10.2. The maximum Gasteiger partial charge on any atom is 0.245 e. The minimum absolute atomic E-state index is 0. The first kappa shape index (κ1) is 22.9. The van der Waals surface area contributed by atoms with Crippen molar-refractivity contribution < 1.29 is 35.9 Å². The molecule has 0 fully saturated rings. The van der Waals surface area contributed by atoms with Crippen LogP contribution in [-0.2, 0) is 6.54 Å². The van der Waals surface area contributed by atoms with Gasteiger partial charge in [-0.15, -0.1) is 0 Å². The fourth-order valence-corrected chi connectivity index (χ4v) is 4.69. The topological polar surface area (TPSA) is 59.2 Å². The fourth-order valence-electron chi connectivity index (χ4n) is 4.69. The van der Waals surface area contributed by atoms with Gasteiger partial charge >= 0.3 is 0 Å². The number of rotatable bonds is 5. The monoisotopic (exact) mass is 526 g/mol. The molecule has 174 valence electrons. The van der Waals surface area contributed by atoms with E-state index in [1.807, 2.05) is 53.4 Å². The van der Waals surface area contributed by atoms with E-state index in [1.54, 1.807) is 24.3 Å². The van der Waals surface area contributed by atoms with E-state index in [-0.39, 0.29) is 41.1 Å². The number of fused-ring (bicyclic) bond motifs is 4. The Morgan fingerprint density at radius 3 is 2.46 bits per heavy atom. The molecule has 1 unspecified atom stereocenters. The van der Waals surface area contributed by atoms with Crippen molar-refractivity contribution in [1.29, 1.82) is 0 Å². The van der Waals surface area contributed by atoms with Crippen LogP contribution in [0.3, 0.4) is 0 Å². The van der Waals surface area contributed by atoms with Gasteiger partial charge < -0.3 is 26.5 Å². The van der Waals surface area contributed by atoms with E-state index in [2.05, 4.69) is 35.8 Å². The molecule has 0 aliphatic heterocycles. The van der Waals surface area contributed by atoms with E-state index < -0.39 is 0 Å². The minimum atomic E-state index is -0.00755. The number of para-hydroxylation sites is 3. The van der Waals surface area contributed by atoms with Crippen LogP contribution in [0.2, 0.25) is 0 Å². The van der Waals surface area contributed by atoms with Gasteiger partial charge in [-0.25, -0.2) is 9.13 Å². The average Bonchev–Trinajstić information content (AvgIpc) is 3.42. The smallest absolute Gasteiger partial charge is 0.245 e. The highest BCUT2D eigenvalue weighted by molar-refractivity contribution is 6.05. The molecule has 6 heteroatoms. The molecule has 0 aliphatic rings. The molecule has 6 rings (SSSR count). The quantitative estimate of drug-likeness (QED) is 0.277. The van der Waals surface area contributed by atoms with Crippen LogP contribution < -0.4 is 21.5 Å². The van der Waals surface area contributed by atoms with Gasteiger partial charge in [-0.2, -0.15) is 0 Å². The summed E-state index contributed by atoms with van der Waals surface area (Å²) in [5.41, 5.74) is 5.56. The number of aromatic hydroxyl groups is 1. The van der Waals surface area contributed by atoms with Crippen LogP contribution >= 0.6 is 0 Å². The Labute approximate surface area is 212 Å². The molecule has 0 radical (unpaired) electrons. The van der Waals surface area contributed by atoms with Crippen LogP contribution in [0, 0.1) is 0 Å². The summed E-state index contributed by atoms with van der Waals surface area (Å²) in [7, 11) is 0. The normalized spacial score (nSPS) is 12.1. The highest BCUT2D eigenvalue weighted by Crippen LogP contribution is 2.32. The first-order valence-corrected chi connectivity index (χ1v) is 11.3. The SMILES string of the molecule is CC(c1ccc2oc3ccccc3c2c1)n1c[n+](CC(=O)c2ccc(O)cc2)c2ccccc21.[Br-]. The second kappa shape index (κ2) is 9.04. The van der Waals surface area contributed by atoms with Crippen molar-refractivity contribution in [3.63, 3.8) is 0 Å². The molecular weight excluding hydrogens is 504 g/mol. The summed E-state index contributed by atoms with van der Waals surface area (Å²) in [6.45, 7) is 2.39. The van der Waals surface area contributed by atoms with Gasteiger partial charge in [-0.3, -0.25) is 4.79 Å². The van der Waals surface area contributed by atoms with Gasteiger partial charge in [0.15, 0.2) is 17.6 Å². The summed E-state index contributed by atoms with van der Waals surface area (Å²) >= 11 is 0. The van der Waals surface area contributed by atoms with Crippen molar-refractivity contribution in [1.82, 2.24) is 4.57 Å². The van der Waals surface area contributed by atoms with Crippen LogP contribution in [-0.4, -0.2) is 15.5 Å². The third-order valence-electron chi connectivity index (χ3n) is 6.54. The Balaban J connectivity index is 0.00000253. The van der Waals surface area contributed by atoms with E-state index in [0.29, 0.717) is 5.56 Å². The van der Waals surface area contributed by atoms with Crippen LogP contribution in [0.25, 0.3) is 33.0 Å². The molecule has 0 amide bonds. The zero-order valence-electron chi connectivity index (χ0n) is 19.1. The minimum Gasteiger partial charge on any atom is -1.00 e. The molecule has 1 atom stereocenters. The predicted molar refractivity (Wildman–Crippen MR) is 132 cm³/mol. The van der Waals surface area contributed by atoms with Gasteiger partial charge in [0, 0.05) is 16.3 Å². The number of phenols is 1. The average molecular weight is 527 g/mol. The second-order valence-corrected chi connectivity index (χ2v) is 8.64. The number of carbonyl (C=O) groups is 1. The number of imidazole rings is 1. The number of halogens is 1. The van der Waals surface area contributed by atoms with Crippen molar-refractivity contribution in [2.24, 2.45) is 0 Å². The molecule has 2 heterocycles. The maximum absolute atomic E-state index is 12.9. The number of carbonyl (C=O) groups excluding carboxylic acids is 1. The largest absolute Gasteiger partial charge is 1.00 e. The summed E-state index contributed by atoms with van der Waals surface area (Å²) in [4.78, 5) is 12.9. The second-order valence-electron chi connectivity index (χ2n) is 8.64. The maximum atomic E-state index is 12.9. The molecule has 5 nitrogen and oxygen atoms in total. The molecule has 0 aliphatic carbocycles. The zero-order valence-corrected chi connectivity index (χ0v) is 20.6. The molecule has 35 heavy (non-hydrogen) atoms. The van der Waals surface area contributed by atoms with Crippen molar-refractivity contribution in [2.45, 2.75) is 19.5 Å². The number of hydrogen-bond donors (Lipinski definition) is 1. The molecule has 0 bridgehead atoms. The van der Waals surface area contributed by atoms with Crippen molar-refractivity contribution in [2.75, 3.05) is 0 Å². The van der Waals surface area contributed by atoms with Gasteiger partial charge in [0.25, 0.3) is 0 Å². The van der Waals surface area contributed by atoms with Crippen LogP contribution in [0.4, 0.5) is 0 Å². The van der Waals surface area contributed by atoms with Crippen LogP contribution in [0.15, 0.2) is 102 Å². The van der Waals surface area contributed by atoms with Gasteiger partial charge in [-0.05, 0) is 67.1 Å². The number of benzene rings is 4. The molecule has 0 saturated heterocycles. The summed E-state index contributed by atoms with van der Waals surface area (Å²) in [6.07, 6.45) is 2.02. The Hall–Kier alpha value is -3.90. The number of nitrogens with zero attached hydrogens (tertiary/aromatic N) is 2. The Kier molecular flexibility index (Phi) is 5.91. The highest BCUT2D eigenvalue weighted by atomic mass is 79.9. The van der Waals surface area contributed by atoms with E-state index in [4.69, 9.17) is 4.42 Å². The van der Waals surface area contributed by atoms with E-state index in [0.717, 1.165) is 38.5 Å². The summed E-state index contributed by atoms with van der Waals surface area (Å²) in [5.74, 6) is 0.142. The van der Waals surface area contributed by atoms with Crippen molar-refractivity contribution >= 4 is 38.8 Å². The lowest BCUT2D eigenvalue weighted by Crippen LogP contribution is -3.00. The lowest BCUT2D eigenvalue weighted by molar-refractivity contribution is -0.658. The Bertz CT molecular complexity index is 1680. The number of ketones is 1. The first-order chi connectivity index (χ1) is 16.6. The summed E-state index contributed by atoms with van der Waals surface area (Å²) in [6, 6.07) is 29.0. The number of aromatic nitrogens is 2. The van der Waals surface area contributed by atoms with E-state index in [1.165, 1.54) is 0 Å². The predicted octanol–water partition coefficient (Wildman–Crippen LogP) is 3.03. The van der Waals surface area contributed by atoms with Crippen LogP contribution in [0.1, 0.15) is 28.9 Å².